The van der Waals surface area contributed by atoms with Crippen LogP contribution in [0.2, 0.25) is 5.15 Å². The maximum Gasteiger partial charge on any atom is 0.153 e. The van der Waals surface area contributed by atoms with Crippen LogP contribution in [-0.4, -0.2) is 11.3 Å². The second-order valence-electron chi connectivity index (χ2n) is 2.97. The van der Waals surface area contributed by atoms with Gasteiger partial charge in [0.25, 0.3) is 0 Å². The summed E-state index contributed by atoms with van der Waals surface area (Å²) < 4.78 is 0. The van der Waals surface area contributed by atoms with Crippen molar-refractivity contribution in [2.24, 2.45) is 0 Å². The molecule has 0 saturated heterocycles. The summed E-state index contributed by atoms with van der Waals surface area (Å²) >= 11 is 5.85. The predicted molar refractivity (Wildman–Crippen MR) is 53.4 cm³/mol. The van der Waals surface area contributed by atoms with Gasteiger partial charge in [0.15, 0.2) is 6.29 Å². The van der Waals surface area contributed by atoms with Crippen molar-refractivity contribution in [3.05, 3.63) is 34.5 Å². The van der Waals surface area contributed by atoms with Gasteiger partial charge in [0, 0.05) is 5.39 Å². The molecule has 0 aliphatic rings. The van der Waals surface area contributed by atoms with Crippen LogP contribution in [0.25, 0.3) is 10.9 Å². The van der Waals surface area contributed by atoms with Crippen molar-refractivity contribution in [3.63, 3.8) is 0 Å². The molecule has 1 aromatic carbocycles. The van der Waals surface area contributed by atoms with E-state index in [1.165, 1.54) is 0 Å². The SMILES string of the molecule is Cc1cccc2c(C=O)c(Cl)[nH]c12. The number of aromatic nitrogens is 1. The highest BCUT2D eigenvalue weighted by atomic mass is 35.5. The van der Waals surface area contributed by atoms with Crippen LogP contribution in [0, 0.1) is 6.92 Å². The molecule has 0 spiro atoms. The van der Waals surface area contributed by atoms with E-state index in [0.717, 1.165) is 22.8 Å². The van der Waals surface area contributed by atoms with E-state index in [1.807, 2.05) is 25.1 Å². The largest absolute Gasteiger partial charge is 0.345 e. The first-order valence-corrected chi connectivity index (χ1v) is 4.34. The van der Waals surface area contributed by atoms with Crippen LogP contribution in [0.4, 0.5) is 0 Å². The summed E-state index contributed by atoms with van der Waals surface area (Å²) in [4.78, 5) is 13.7. The Morgan fingerprint density at radius 3 is 2.92 bits per heavy atom. The van der Waals surface area contributed by atoms with Crippen LogP contribution >= 0.6 is 11.6 Å². The van der Waals surface area contributed by atoms with Gasteiger partial charge in [-0.1, -0.05) is 29.8 Å². The van der Waals surface area contributed by atoms with Crippen molar-refractivity contribution in [1.29, 1.82) is 0 Å². The molecule has 3 heteroatoms. The lowest BCUT2D eigenvalue weighted by Gasteiger charge is -1.93. The van der Waals surface area contributed by atoms with Crippen molar-refractivity contribution < 1.29 is 4.79 Å². The molecule has 0 fully saturated rings. The number of hydrogen-bond donors (Lipinski definition) is 1. The van der Waals surface area contributed by atoms with E-state index in [1.54, 1.807) is 0 Å². The van der Waals surface area contributed by atoms with Crippen LogP contribution in [0.5, 0.6) is 0 Å². The second kappa shape index (κ2) is 2.89. The molecule has 0 aliphatic carbocycles. The van der Waals surface area contributed by atoms with Gasteiger partial charge < -0.3 is 4.98 Å². The lowest BCUT2D eigenvalue weighted by atomic mass is 10.1. The zero-order chi connectivity index (χ0) is 9.42. The van der Waals surface area contributed by atoms with E-state index in [2.05, 4.69) is 4.98 Å². The van der Waals surface area contributed by atoms with Gasteiger partial charge in [-0.3, -0.25) is 4.79 Å². The molecular weight excluding hydrogens is 186 g/mol. The summed E-state index contributed by atoms with van der Waals surface area (Å²) in [5.41, 5.74) is 2.57. The maximum absolute atomic E-state index is 10.7. The fourth-order valence-electron chi connectivity index (χ4n) is 1.47. The van der Waals surface area contributed by atoms with E-state index >= 15 is 0 Å². The van der Waals surface area contributed by atoms with Crippen molar-refractivity contribution in [2.45, 2.75) is 6.92 Å². The van der Waals surface area contributed by atoms with E-state index in [-0.39, 0.29) is 0 Å². The van der Waals surface area contributed by atoms with Crippen molar-refractivity contribution >= 4 is 28.8 Å². The maximum atomic E-state index is 10.7. The average Bonchev–Trinajstić information content (AvgIpc) is 2.43. The molecule has 66 valence electrons. The smallest absolute Gasteiger partial charge is 0.153 e. The molecule has 2 rings (SSSR count). The van der Waals surface area contributed by atoms with Crippen molar-refractivity contribution in [1.82, 2.24) is 4.98 Å². The lowest BCUT2D eigenvalue weighted by molar-refractivity contribution is 0.112. The first-order valence-electron chi connectivity index (χ1n) is 3.96. The summed E-state index contributed by atoms with van der Waals surface area (Å²) in [5.74, 6) is 0. The molecule has 0 amide bonds. The Kier molecular flexibility index (Phi) is 1.85. The van der Waals surface area contributed by atoms with Gasteiger partial charge in [-0.05, 0) is 12.5 Å². The Morgan fingerprint density at radius 1 is 1.46 bits per heavy atom. The highest BCUT2D eigenvalue weighted by Crippen LogP contribution is 2.26. The molecule has 0 aliphatic heterocycles. The number of halogens is 1. The number of hydrogen-bond acceptors (Lipinski definition) is 1. The summed E-state index contributed by atoms with van der Waals surface area (Å²) in [6, 6.07) is 5.77. The number of para-hydroxylation sites is 1. The number of aromatic amines is 1. The summed E-state index contributed by atoms with van der Waals surface area (Å²) in [6.45, 7) is 1.98. The first kappa shape index (κ1) is 8.32. The molecule has 0 bridgehead atoms. The number of carbonyl (C=O) groups is 1. The summed E-state index contributed by atoms with van der Waals surface area (Å²) in [6.07, 6.45) is 0.778. The fourth-order valence-corrected chi connectivity index (χ4v) is 1.71. The van der Waals surface area contributed by atoms with E-state index in [9.17, 15) is 4.79 Å². The highest BCUT2D eigenvalue weighted by molar-refractivity contribution is 6.34. The molecule has 0 saturated carbocycles. The number of nitrogens with one attached hydrogen (secondary N) is 1. The zero-order valence-corrected chi connectivity index (χ0v) is 7.85. The van der Waals surface area contributed by atoms with Crippen molar-refractivity contribution in [3.8, 4) is 0 Å². The molecule has 1 heterocycles. The third kappa shape index (κ3) is 1.14. The quantitative estimate of drug-likeness (QED) is 0.694. The number of aldehydes is 1. The van der Waals surface area contributed by atoms with Crippen LogP contribution in [0.1, 0.15) is 15.9 Å². The zero-order valence-electron chi connectivity index (χ0n) is 7.10. The van der Waals surface area contributed by atoms with Gasteiger partial charge in [-0.15, -0.1) is 0 Å². The minimum Gasteiger partial charge on any atom is -0.345 e. The molecule has 13 heavy (non-hydrogen) atoms. The molecule has 0 unspecified atom stereocenters. The molecule has 1 aromatic heterocycles. The molecule has 2 aromatic rings. The second-order valence-corrected chi connectivity index (χ2v) is 3.35. The van der Waals surface area contributed by atoms with Crippen LogP contribution < -0.4 is 0 Å². The van der Waals surface area contributed by atoms with Gasteiger partial charge in [0.05, 0.1) is 11.1 Å². The van der Waals surface area contributed by atoms with Gasteiger partial charge in [0.1, 0.15) is 5.15 Å². The number of aryl methyl sites for hydroxylation is 1. The van der Waals surface area contributed by atoms with Gasteiger partial charge in [-0.2, -0.15) is 0 Å². The summed E-state index contributed by atoms with van der Waals surface area (Å²) in [7, 11) is 0. The van der Waals surface area contributed by atoms with Gasteiger partial charge >= 0.3 is 0 Å². The van der Waals surface area contributed by atoms with Crippen molar-refractivity contribution in [2.75, 3.05) is 0 Å². The predicted octanol–water partition coefficient (Wildman–Crippen LogP) is 2.94. The lowest BCUT2D eigenvalue weighted by Crippen LogP contribution is -1.77. The van der Waals surface area contributed by atoms with Crippen LogP contribution in [-0.2, 0) is 0 Å². The normalized spacial score (nSPS) is 10.6. The standard InChI is InChI=1S/C10H8ClNO/c1-6-3-2-4-7-8(5-13)10(11)12-9(6)7/h2-5,12H,1H3. The van der Waals surface area contributed by atoms with E-state index in [4.69, 9.17) is 11.6 Å². The van der Waals surface area contributed by atoms with E-state index < -0.39 is 0 Å². The third-order valence-electron chi connectivity index (χ3n) is 2.15. The van der Waals surface area contributed by atoms with Crippen LogP contribution in [0.3, 0.4) is 0 Å². The monoisotopic (exact) mass is 193 g/mol. The highest BCUT2D eigenvalue weighted by Gasteiger charge is 2.09. The molecule has 0 radical (unpaired) electrons. The Hall–Kier alpha value is -1.28. The minimum atomic E-state index is 0.416. The summed E-state index contributed by atoms with van der Waals surface area (Å²) in [5, 5.41) is 1.30. The molecular formula is C10H8ClNO. The van der Waals surface area contributed by atoms with Crippen LogP contribution in [0.15, 0.2) is 18.2 Å². The molecule has 2 nitrogen and oxygen atoms in total. The average molecular weight is 194 g/mol. The number of fused-ring (bicyclic) bond motifs is 1. The topological polar surface area (TPSA) is 32.9 Å². The molecule has 1 N–H and O–H groups in total. The third-order valence-corrected chi connectivity index (χ3v) is 2.45. The minimum absolute atomic E-state index is 0.416. The number of rotatable bonds is 1. The number of benzene rings is 1. The fraction of sp³-hybridized carbons (Fsp3) is 0.100. The van der Waals surface area contributed by atoms with E-state index in [0.29, 0.717) is 10.7 Å². The van der Waals surface area contributed by atoms with Gasteiger partial charge in [0.2, 0.25) is 0 Å². The Morgan fingerprint density at radius 2 is 2.23 bits per heavy atom. The number of carbonyl (C=O) groups excluding carboxylic acids is 1. The number of H-pyrrole nitrogens is 1. The Bertz CT molecular complexity index is 473. The Labute approximate surface area is 80.5 Å². The Balaban J connectivity index is 2.93. The molecule has 0 atom stereocenters. The van der Waals surface area contributed by atoms with Gasteiger partial charge in [-0.25, -0.2) is 0 Å². The first-order chi connectivity index (χ1) is 6.24.